The zero-order valence-electron chi connectivity index (χ0n) is 8.06. The highest BCUT2D eigenvalue weighted by molar-refractivity contribution is 9.10. The van der Waals surface area contributed by atoms with Gasteiger partial charge in [0.2, 0.25) is 0 Å². The summed E-state index contributed by atoms with van der Waals surface area (Å²) >= 11 is 3.20. The number of hydrogen-bond acceptors (Lipinski definition) is 1. The Morgan fingerprint density at radius 3 is 2.79 bits per heavy atom. The van der Waals surface area contributed by atoms with Crippen molar-refractivity contribution in [3.63, 3.8) is 0 Å². The molecule has 0 bridgehead atoms. The Morgan fingerprint density at radius 1 is 1.64 bits per heavy atom. The SMILES string of the molecule is C=C(C)C[C@@H](N)c1ccc(Br)cc1F. The van der Waals surface area contributed by atoms with Crippen LogP contribution in [0.5, 0.6) is 0 Å². The molecule has 0 spiro atoms. The molecule has 1 aromatic carbocycles. The zero-order valence-corrected chi connectivity index (χ0v) is 9.64. The van der Waals surface area contributed by atoms with Crippen molar-refractivity contribution in [2.45, 2.75) is 19.4 Å². The minimum absolute atomic E-state index is 0.270. The Kier molecular flexibility index (Phi) is 3.84. The molecule has 2 N–H and O–H groups in total. The molecule has 0 aliphatic rings. The van der Waals surface area contributed by atoms with Crippen molar-refractivity contribution in [2.24, 2.45) is 5.73 Å². The molecule has 1 aromatic rings. The molecule has 0 amide bonds. The van der Waals surface area contributed by atoms with E-state index in [4.69, 9.17) is 5.73 Å². The fraction of sp³-hybridized carbons (Fsp3) is 0.273. The molecule has 76 valence electrons. The van der Waals surface area contributed by atoms with Gasteiger partial charge >= 0.3 is 0 Å². The highest BCUT2D eigenvalue weighted by Crippen LogP contribution is 2.23. The second-order valence-electron chi connectivity index (χ2n) is 3.43. The molecule has 3 heteroatoms. The van der Waals surface area contributed by atoms with E-state index in [-0.39, 0.29) is 11.9 Å². The van der Waals surface area contributed by atoms with Crippen molar-refractivity contribution in [3.05, 3.63) is 46.2 Å². The van der Waals surface area contributed by atoms with Crippen LogP contribution >= 0.6 is 15.9 Å². The summed E-state index contributed by atoms with van der Waals surface area (Å²) in [6, 6.07) is 4.61. The number of rotatable bonds is 3. The third-order valence-electron chi connectivity index (χ3n) is 1.93. The Balaban J connectivity index is 2.90. The van der Waals surface area contributed by atoms with Gasteiger partial charge in [-0.2, -0.15) is 0 Å². The maximum absolute atomic E-state index is 13.4. The second kappa shape index (κ2) is 4.71. The van der Waals surface area contributed by atoms with E-state index in [1.54, 1.807) is 12.1 Å². The molecule has 0 radical (unpaired) electrons. The Bertz CT molecular complexity index is 349. The first-order chi connectivity index (χ1) is 6.50. The van der Waals surface area contributed by atoms with E-state index in [1.165, 1.54) is 6.07 Å². The summed E-state index contributed by atoms with van der Waals surface area (Å²) in [5.74, 6) is -0.270. The lowest BCUT2D eigenvalue weighted by molar-refractivity contribution is 0.579. The van der Waals surface area contributed by atoms with Gasteiger partial charge in [0.25, 0.3) is 0 Å². The smallest absolute Gasteiger partial charge is 0.129 e. The number of hydrogen-bond donors (Lipinski definition) is 1. The summed E-state index contributed by atoms with van der Waals surface area (Å²) in [5, 5.41) is 0. The fourth-order valence-electron chi connectivity index (χ4n) is 1.29. The standard InChI is InChI=1S/C11H13BrFN/c1-7(2)5-11(14)9-4-3-8(12)6-10(9)13/h3-4,6,11H,1,5,14H2,2H3/t11-/m1/s1. The van der Waals surface area contributed by atoms with Crippen LogP contribution in [0.1, 0.15) is 24.9 Å². The van der Waals surface area contributed by atoms with Crippen LogP contribution in [-0.2, 0) is 0 Å². The first kappa shape index (κ1) is 11.4. The molecule has 0 aliphatic carbocycles. The molecule has 14 heavy (non-hydrogen) atoms. The van der Waals surface area contributed by atoms with Crippen molar-refractivity contribution in [1.29, 1.82) is 0 Å². The van der Waals surface area contributed by atoms with Crippen molar-refractivity contribution in [1.82, 2.24) is 0 Å². The van der Waals surface area contributed by atoms with Gasteiger partial charge in [-0.25, -0.2) is 4.39 Å². The van der Waals surface area contributed by atoms with Crippen molar-refractivity contribution in [3.8, 4) is 0 Å². The number of nitrogens with two attached hydrogens (primary N) is 1. The topological polar surface area (TPSA) is 26.0 Å². The molecule has 0 saturated heterocycles. The Hall–Kier alpha value is -0.670. The zero-order chi connectivity index (χ0) is 10.7. The third-order valence-corrected chi connectivity index (χ3v) is 2.42. The van der Waals surface area contributed by atoms with Gasteiger partial charge < -0.3 is 5.73 Å². The van der Waals surface area contributed by atoms with Crippen LogP contribution in [0.2, 0.25) is 0 Å². The molecule has 0 fully saturated rings. The molecule has 0 aliphatic heterocycles. The summed E-state index contributed by atoms with van der Waals surface area (Å²) < 4.78 is 14.1. The maximum Gasteiger partial charge on any atom is 0.129 e. The summed E-state index contributed by atoms with van der Waals surface area (Å²) in [6.07, 6.45) is 0.610. The van der Waals surface area contributed by atoms with Gasteiger partial charge in [-0.05, 0) is 25.5 Å². The van der Waals surface area contributed by atoms with Gasteiger partial charge in [0.15, 0.2) is 0 Å². The predicted octanol–water partition coefficient (Wildman–Crippen LogP) is 3.55. The van der Waals surface area contributed by atoms with Gasteiger partial charge in [-0.1, -0.05) is 27.6 Å². The average molecular weight is 258 g/mol. The summed E-state index contributed by atoms with van der Waals surface area (Å²) in [4.78, 5) is 0. The number of benzene rings is 1. The molecule has 1 atom stereocenters. The largest absolute Gasteiger partial charge is 0.324 e. The lowest BCUT2D eigenvalue weighted by atomic mass is 10.0. The summed E-state index contributed by atoms with van der Waals surface area (Å²) in [6.45, 7) is 5.64. The highest BCUT2D eigenvalue weighted by atomic mass is 79.9. The van der Waals surface area contributed by atoms with Crippen LogP contribution in [0, 0.1) is 5.82 Å². The van der Waals surface area contributed by atoms with Gasteiger partial charge in [0.1, 0.15) is 5.82 Å². The van der Waals surface area contributed by atoms with Crippen molar-refractivity contribution >= 4 is 15.9 Å². The van der Waals surface area contributed by atoms with E-state index in [0.717, 1.165) is 10.0 Å². The Morgan fingerprint density at radius 2 is 2.29 bits per heavy atom. The first-order valence-electron chi connectivity index (χ1n) is 4.35. The molecule has 0 heterocycles. The lowest BCUT2D eigenvalue weighted by Gasteiger charge is -2.12. The maximum atomic E-state index is 13.4. The molecular formula is C11H13BrFN. The van der Waals surface area contributed by atoms with Crippen LogP contribution in [0.15, 0.2) is 34.8 Å². The fourth-order valence-corrected chi connectivity index (χ4v) is 1.62. The van der Waals surface area contributed by atoms with Crippen LogP contribution in [-0.4, -0.2) is 0 Å². The van der Waals surface area contributed by atoms with Crippen LogP contribution in [0.4, 0.5) is 4.39 Å². The predicted molar refractivity (Wildman–Crippen MR) is 60.5 cm³/mol. The van der Waals surface area contributed by atoms with E-state index in [9.17, 15) is 4.39 Å². The van der Waals surface area contributed by atoms with Crippen LogP contribution in [0.25, 0.3) is 0 Å². The molecular weight excluding hydrogens is 245 g/mol. The van der Waals surface area contributed by atoms with E-state index in [2.05, 4.69) is 22.5 Å². The van der Waals surface area contributed by atoms with Crippen LogP contribution in [0.3, 0.4) is 0 Å². The molecule has 1 nitrogen and oxygen atoms in total. The van der Waals surface area contributed by atoms with Gasteiger partial charge in [0, 0.05) is 16.1 Å². The van der Waals surface area contributed by atoms with E-state index in [1.807, 2.05) is 6.92 Å². The monoisotopic (exact) mass is 257 g/mol. The van der Waals surface area contributed by atoms with Crippen molar-refractivity contribution < 1.29 is 4.39 Å². The molecule has 0 unspecified atom stereocenters. The summed E-state index contributed by atoms with van der Waals surface area (Å²) in [5.41, 5.74) is 7.33. The van der Waals surface area contributed by atoms with E-state index >= 15 is 0 Å². The van der Waals surface area contributed by atoms with E-state index < -0.39 is 0 Å². The van der Waals surface area contributed by atoms with Gasteiger partial charge in [-0.3, -0.25) is 0 Å². The van der Waals surface area contributed by atoms with E-state index in [0.29, 0.717) is 12.0 Å². The van der Waals surface area contributed by atoms with Crippen LogP contribution < -0.4 is 5.73 Å². The number of halogens is 2. The molecule has 0 saturated carbocycles. The normalized spacial score (nSPS) is 12.6. The highest BCUT2D eigenvalue weighted by Gasteiger charge is 2.11. The second-order valence-corrected chi connectivity index (χ2v) is 4.35. The van der Waals surface area contributed by atoms with Crippen molar-refractivity contribution in [2.75, 3.05) is 0 Å². The average Bonchev–Trinajstić information content (AvgIpc) is 2.01. The third kappa shape index (κ3) is 2.93. The first-order valence-corrected chi connectivity index (χ1v) is 5.15. The Labute approximate surface area is 91.9 Å². The lowest BCUT2D eigenvalue weighted by Crippen LogP contribution is -2.12. The minimum atomic E-state index is -0.305. The van der Waals surface area contributed by atoms with Gasteiger partial charge in [-0.15, -0.1) is 6.58 Å². The quantitative estimate of drug-likeness (QED) is 0.824. The summed E-state index contributed by atoms with van der Waals surface area (Å²) in [7, 11) is 0. The van der Waals surface area contributed by atoms with Gasteiger partial charge in [0.05, 0.1) is 0 Å². The molecule has 1 rings (SSSR count). The minimum Gasteiger partial charge on any atom is -0.324 e. The molecule has 0 aromatic heterocycles.